The van der Waals surface area contributed by atoms with E-state index in [0.717, 1.165) is 17.5 Å². The lowest BCUT2D eigenvalue weighted by atomic mass is 9.89. The summed E-state index contributed by atoms with van der Waals surface area (Å²) in [4.78, 5) is 11.1. The van der Waals surface area contributed by atoms with Crippen LogP contribution in [0.1, 0.15) is 17.5 Å². The van der Waals surface area contributed by atoms with Crippen molar-refractivity contribution in [2.75, 3.05) is 0 Å². The van der Waals surface area contributed by atoms with Crippen molar-refractivity contribution in [1.29, 1.82) is 0 Å². The third-order valence-electron chi connectivity index (χ3n) is 2.36. The van der Waals surface area contributed by atoms with E-state index in [4.69, 9.17) is 5.84 Å². The molecule has 0 amide bonds. The van der Waals surface area contributed by atoms with E-state index in [-0.39, 0.29) is 0 Å². The Kier molecular flexibility index (Phi) is 2.21. The summed E-state index contributed by atoms with van der Waals surface area (Å²) in [5.74, 6) is 5.07. The number of nitroso groups, excluding NO2 is 1. The van der Waals surface area contributed by atoms with E-state index in [1.807, 2.05) is 6.07 Å². The first kappa shape index (κ1) is 9.15. The van der Waals surface area contributed by atoms with Gasteiger partial charge in [-0.05, 0) is 24.0 Å². The molecule has 1 aromatic carbocycles. The monoisotopic (exact) mass is 191 g/mol. The average Bonchev–Trinajstić information content (AvgIpc) is 2.16. The molecule has 1 aliphatic carbocycles. The van der Waals surface area contributed by atoms with E-state index in [2.05, 4.69) is 6.42 Å². The summed E-state index contributed by atoms with van der Waals surface area (Å²) in [6.45, 7) is 0. The van der Waals surface area contributed by atoms with Gasteiger partial charge in [0.2, 0.25) is 0 Å². The fraction of sp³-hybridized carbons (Fsp3) is 0.300. The maximum absolute atomic E-state index is 10.8. The molecular formula is C10H11N2O2+. The molecule has 0 saturated carbocycles. The second kappa shape index (κ2) is 3.38. The highest BCUT2D eigenvalue weighted by Crippen LogP contribution is 2.26. The van der Waals surface area contributed by atoms with E-state index in [0.29, 0.717) is 17.0 Å². The fourth-order valence-electron chi connectivity index (χ4n) is 1.60. The van der Waals surface area contributed by atoms with E-state index >= 15 is 0 Å². The van der Waals surface area contributed by atoms with Crippen molar-refractivity contribution in [1.82, 2.24) is 0 Å². The standard InChI is InChI=1S/C10H11N2O2/c11-12(14)9-3-1-7-2-4-10(13)6-8(7)5-9/h1,3,5,10,13H,2,4H2,(H2,11,14)/q+1. The fourth-order valence-corrected chi connectivity index (χ4v) is 1.60. The van der Waals surface area contributed by atoms with Crippen LogP contribution in [0.3, 0.4) is 0 Å². The van der Waals surface area contributed by atoms with Gasteiger partial charge in [-0.25, -0.2) is 0 Å². The van der Waals surface area contributed by atoms with E-state index in [1.165, 1.54) is 0 Å². The summed E-state index contributed by atoms with van der Waals surface area (Å²) in [7, 11) is 0. The zero-order chi connectivity index (χ0) is 10.1. The number of hydrogen-bond acceptors (Lipinski definition) is 2. The molecule has 0 heterocycles. The highest BCUT2D eigenvalue weighted by atomic mass is 16.3. The number of benzene rings is 1. The Balaban J connectivity index is 2.37. The van der Waals surface area contributed by atoms with Crippen LogP contribution in [0.15, 0.2) is 18.2 Å². The molecule has 1 aliphatic rings. The summed E-state index contributed by atoms with van der Waals surface area (Å²) in [6, 6.07) is 5.16. The van der Waals surface area contributed by atoms with Crippen LogP contribution in [0.4, 0.5) is 5.69 Å². The lowest BCUT2D eigenvalue weighted by Crippen LogP contribution is -2.17. The van der Waals surface area contributed by atoms with Crippen LogP contribution >= 0.6 is 0 Å². The van der Waals surface area contributed by atoms with Crippen LogP contribution in [-0.4, -0.2) is 16.1 Å². The minimum atomic E-state index is -0.532. The molecule has 0 spiro atoms. The molecule has 2 radical (unpaired) electrons. The van der Waals surface area contributed by atoms with Gasteiger partial charge in [-0.3, -0.25) is 0 Å². The molecule has 4 nitrogen and oxygen atoms in total. The SMILES string of the molecule is N[N+](=O)c1ccc2c(c1)[C]C(O)CC2. The molecule has 72 valence electrons. The first-order valence-electron chi connectivity index (χ1n) is 4.46. The van der Waals surface area contributed by atoms with Crippen molar-refractivity contribution in [2.24, 2.45) is 5.84 Å². The number of hydrazine groups is 1. The van der Waals surface area contributed by atoms with Gasteiger partial charge < -0.3 is 5.11 Å². The Morgan fingerprint density at radius 1 is 1.57 bits per heavy atom. The number of hydrogen-bond donors (Lipinski definition) is 2. The molecule has 1 unspecified atom stereocenters. The first-order valence-corrected chi connectivity index (χ1v) is 4.46. The molecule has 1 atom stereocenters. The Morgan fingerprint density at radius 3 is 3.07 bits per heavy atom. The molecule has 0 aliphatic heterocycles. The summed E-state index contributed by atoms with van der Waals surface area (Å²) in [5, 5.41) is 9.35. The molecule has 0 fully saturated rings. The topological polar surface area (TPSA) is 66.3 Å². The quantitative estimate of drug-likeness (QED) is 0.390. The molecule has 2 rings (SSSR count). The van der Waals surface area contributed by atoms with Crippen molar-refractivity contribution in [3.05, 3.63) is 40.7 Å². The molecule has 14 heavy (non-hydrogen) atoms. The Bertz CT molecular complexity index is 376. The minimum Gasteiger partial charge on any atom is -0.392 e. The number of aliphatic hydroxyl groups excluding tert-OH is 1. The number of fused-ring (bicyclic) bond motifs is 1. The van der Waals surface area contributed by atoms with Crippen molar-refractivity contribution >= 4 is 5.69 Å². The van der Waals surface area contributed by atoms with E-state index in [9.17, 15) is 10.0 Å². The first-order chi connectivity index (χ1) is 6.66. The van der Waals surface area contributed by atoms with Gasteiger partial charge >= 0.3 is 0 Å². The Labute approximate surface area is 81.9 Å². The number of aryl methyl sites for hydroxylation is 1. The van der Waals surface area contributed by atoms with Gasteiger partial charge in [0.05, 0.1) is 11.0 Å². The third kappa shape index (κ3) is 1.61. The molecule has 1 aromatic rings. The summed E-state index contributed by atoms with van der Waals surface area (Å²) >= 11 is 0. The smallest absolute Gasteiger partial charge is 0.291 e. The van der Waals surface area contributed by atoms with Crippen LogP contribution in [0.25, 0.3) is 0 Å². The molecule has 0 aromatic heterocycles. The van der Waals surface area contributed by atoms with Gasteiger partial charge in [0.25, 0.3) is 5.69 Å². The predicted molar refractivity (Wildman–Crippen MR) is 50.6 cm³/mol. The van der Waals surface area contributed by atoms with Crippen molar-refractivity contribution in [3.8, 4) is 0 Å². The predicted octanol–water partition coefficient (Wildman–Crippen LogP) is 0.707. The lowest BCUT2D eigenvalue weighted by molar-refractivity contribution is -0.474. The maximum atomic E-state index is 10.8. The van der Waals surface area contributed by atoms with Gasteiger partial charge in [0.1, 0.15) is 0 Å². The van der Waals surface area contributed by atoms with Crippen LogP contribution in [-0.2, 0) is 6.42 Å². The molecule has 3 N–H and O–H groups in total. The summed E-state index contributed by atoms with van der Waals surface area (Å²) < 4.78 is 0. The summed E-state index contributed by atoms with van der Waals surface area (Å²) in [6.07, 6.45) is 3.86. The molecule has 0 bridgehead atoms. The second-order valence-corrected chi connectivity index (χ2v) is 3.37. The van der Waals surface area contributed by atoms with Crippen LogP contribution in [0.2, 0.25) is 0 Å². The molecule has 0 saturated heterocycles. The lowest BCUT2D eigenvalue weighted by Gasteiger charge is -2.18. The number of nitrogens with zero attached hydrogens (tertiary/aromatic N) is 1. The van der Waals surface area contributed by atoms with Gasteiger partial charge in [-0.2, -0.15) is 5.84 Å². The largest absolute Gasteiger partial charge is 0.392 e. The maximum Gasteiger partial charge on any atom is 0.291 e. The van der Waals surface area contributed by atoms with Gasteiger partial charge in [-0.1, -0.05) is 6.07 Å². The Hall–Kier alpha value is -1.42. The zero-order valence-corrected chi connectivity index (χ0v) is 7.60. The summed E-state index contributed by atoms with van der Waals surface area (Å²) in [5.41, 5.74) is 2.26. The average molecular weight is 191 g/mol. The Morgan fingerprint density at radius 2 is 2.36 bits per heavy atom. The third-order valence-corrected chi connectivity index (χ3v) is 2.36. The number of rotatable bonds is 1. The normalized spacial score (nSPS) is 20.2. The van der Waals surface area contributed by atoms with E-state index in [1.54, 1.807) is 12.1 Å². The van der Waals surface area contributed by atoms with Gasteiger partial charge in [-0.15, -0.1) is 0 Å². The minimum absolute atomic E-state index is 0.308. The second-order valence-electron chi connectivity index (χ2n) is 3.37. The van der Waals surface area contributed by atoms with Crippen molar-refractivity contribution in [3.63, 3.8) is 0 Å². The highest BCUT2D eigenvalue weighted by molar-refractivity contribution is 5.45. The molecular weight excluding hydrogens is 180 g/mol. The van der Waals surface area contributed by atoms with Gasteiger partial charge in [0.15, 0.2) is 4.87 Å². The number of aliphatic hydroxyl groups is 1. The van der Waals surface area contributed by atoms with Crippen molar-refractivity contribution in [2.45, 2.75) is 18.9 Å². The van der Waals surface area contributed by atoms with E-state index < -0.39 is 6.10 Å². The van der Waals surface area contributed by atoms with Crippen LogP contribution in [0.5, 0.6) is 0 Å². The molecule has 4 heteroatoms. The van der Waals surface area contributed by atoms with Crippen molar-refractivity contribution < 1.29 is 9.98 Å². The van der Waals surface area contributed by atoms with Crippen LogP contribution < -0.4 is 5.84 Å². The van der Waals surface area contributed by atoms with Crippen LogP contribution in [0, 0.1) is 11.3 Å². The number of nitrogens with two attached hydrogens (primary N) is 1. The highest BCUT2D eigenvalue weighted by Gasteiger charge is 2.20. The van der Waals surface area contributed by atoms with Gasteiger partial charge in [0, 0.05) is 18.6 Å². The zero-order valence-electron chi connectivity index (χ0n) is 7.60.